The second-order valence-corrected chi connectivity index (χ2v) is 11.4. The highest BCUT2D eigenvalue weighted by Crippen LogP contribution is 2.24. The summed E-state index contributed by atoms with van der Waals surface area (Å²) in [6, 6.07) is 12.5. The van der Waals surface area contributed by atoms with E-state index in [0.29, 0.717) is 10.8 Å². The van der Waals surface area contributed by atoms with Crippen molar-refractivity contribution < 1.29 is 22.7 Å². The molecule has 1 N–H and O–H groups in total. The van der Waals surface area contributed by atoms with Crippen LogP contribution in [0.1, 0.15) is 33.3 Å². The molecule has 0 aliphatic carbocycles. The standard InChI is InChI=1S/C24H32ClN3O5S/c1-17(23(30)26-24(2,3)4)27(15-18-10-12-19(25)13-11-18)22(29)16-28(34(6,31)32)20-8-7-9-21(14-20)33-5/h7-14,17H,15-16H2,1-6H3,(H,26,30)/t17-/m0/s1. The van der Waals surface area contributed by atoms with Gasteiger partial charge >= 0.3 is 0 Å². The van der Waals surface area contributed by atoms with E-state index in [1.807, 2.05) is 20.8 Å². The zero-order valence-electron chi connectivity index (χ0n) is 20.3. The van der Waals surface area contributed by atoms with Gasteiger partial charge in [0.25, 0.3) is 0 Å². The smallest absolute Gasteiger partial charge is 0.244 e. The van der Waals surface area contributed by atoms with Gasteiger partial charge in [0.1, 0.15) is 18.3 Å². The Bertz CT molecular complexity index is 1110. The van der Waals surface area contributed by atoms with Crippen LogP contribution in [0, 0.1) is 0 Å². The molecular formula is C24H32ClN3O5S. The third-order valence-electron chi connectivity index (χ3n) is 4.95. The Hall–Kier alpha value is -2.78. The van der Waals surface area contributed by atoms with Crippen molar-refractivity contribution in [3.63, 3.8) is 0 Å². The number of nitrogens with zero attached hydrogens (tertiary/aromatic N) is 2. The lowest BCUT2D eigenvalue weighted by atomic mass is 10.1. The fourth-order valence-electron chi connectivity index (χ4n) is 3.22. The number of nitrogens with one attached hydrogen (secondary N) is 1. The topological polar surface area (TPSA) is 96.0 Å². The lowest BCUT2D eigenvalue weighted by Crippen LogP contribution is -2.54. The van der Waals surface area contributed by atoms with Gasteiger partial charge in [-0.15, -0.1) is 0 Å². The lowest BCUT2D eigenvalue weighted by molar-refractivity contribution is -0.140. The van der Waals surface area contributed by atoms with Gasteiger partial charge in [0.05, 0.1) is 19.1 Å². The number of hydrogen-bond acceptors (Lipinski definition) is 5. The lowest BCUT2D eigenvalue weighted by Gasteiger charge is -2.33. The maximum Gasteiger partial charge on any atom is 0.244 e. The van der Waals surface area contributed by atoms with Crippen molar-refractivity contribution in [1.82, 2.24) is 10.2 Å². The van der Waals surface area contributed by atoms with Gasteiger partial charge in [-0.25, -0.2) is 8.42 Å². The molecular weight excluding hydrogens is 478 g/mol. The maximum absolute atomic E-state index is 13.5. The molecule has 2 aromatic rings. The van der Waals surface area contributed by atoms with Crippen molar-refractivity contribution in [2.75, 3.05) is 24.2 Å². The average Bonchev–Trinajstić information content (AvgIpc) is 2.74. The molecule has 34 heavy (non-hydrogen) atoms. The zero-order valence-corrected chi connectivity index (χ0v) is 21.9. The largest absolute Gasteiger partial charge is 0.497 e. The number of hydrogen-bond donors (Lipinski definition) is 1. The number of methoxy groups -OCH3 is 1. The second kappa shape index (κ2) is 11.1. The zero-order chi connectivity index (χ0) is 25.7. The third kappa shape index (κ3) is 7.92. The van der Waals surface area contributed by atoms with Gasteiger partial charge in [0, 0.05) is 23.2 Å². The minimum atomic E-state index is -3.81. The Morgan fingerprint density at radius 3 is 2.26 bits per heavy atom. The van der Waals surface area contributed by atoms with E-state index in [2.05, 4.69) is 5.32 Å². The van der Waals surface area contributed by atoms with Gasteiger partial charge in [-0.1, -0.05) is 29.8 Å². The van der Waals surface area contributed by atoms with Crippen LogP contribution in [0.3, 0.4) is 0 Å². The van der Waals surface area contributed by atoms with Crippen molar-refractivity contribution in [2.45, 2.75) is 45.8 Å². The Balaban J connectivity index is 2.41. The summed E-state index contributed by atoms with van der Waals surface area (Å²) in [4.78, 5) is 27.8. The van der Waals surface area contributed by atoms with Gasteiger partial charge in [-0.05, 0) is 57.5 Å². The molecule has 0 unspecified atom stereocenters. The molecule has 0 heterocycles. The number of amides is 2. The molecule has 0 radical (unpaired) electrons. The summed E-state index contributed by atoms with van der Waals surface area (Å²) >= 11 is 5.98. The second-order valence-electron chi connectivity index (χ2n) is 9.03. The van der Waals surface area contributed by atoms with Crippen molar-refractivity contribution >= 4 is 39.1 Å². The van der Waals surface area contributed by atoms with Crippen LogP contribution in [0.5, 0.6) is 5.75 Å². The summed E-state index contributed by atoms with van der Waals surface area (Å²) in [5.41, 5.74) is 0.536. The van der Waals surface area contributed by atoms with E-state index in [1.165, 1.54) is 18.1 Å². The monoisotopic (exact) mass is 509 g/mol. The highest BCUT2D eigenvalue weighted by Gasteiger charge is 2.31. The molecule has 0 saturated carbocycles. The number of benzene rings is 2. The van der Waals surface area contributed by atoms with Gasteiger partial charge in [0.2, 0.25) is 21.8 Å². The van der Waals surface area contributed by atoms with E-state index in [-0.39, 0.29) is 18.1 Å². The van der Waals surface area contributed by atoms with Crippen LogP contribution >= 0.6 is 11.6 Å². The number of ether oxygens (including phenoxy) is 1. The minimum absolute atomic E-state index is 0.102. The third-order valence-corrected chi connectivity index (χ3v) is 6.34. The van der Waals surface area contributed by atoms with E-state index in [0.717, 1.165) is 16.1 Å². The highest BCUT2D eigenvalue weighted by atomic mass is 35.5. The molecule has 2 rings (SSSR count). The molecule has 0 bridgehead atoms. The molecule has 0 fully saturated rings. The molecule has 0 saturated heterocycles. The Labute approximate surface area is 206 Å². The highest BCUT2D eigenvalue weighted by molar-refractivity contribution is 7.92. The SMILES string of the molecule is COc1cccc(N(CC(=O)N(Cc2ccc(Cl)cc2)[C@@H](C)C(=O)NC(C)(C)C)S(C)(=O)=O)c1. The van der Waals surface area contributed by atoms with Gasteiger partial charge in [-0.2, -0.15) is 0 Å². The van der Waals surface area contributed by atoms with Crippen molar-refractivity contribution in [1.29, 1.82) is 0 Å². The molecule has 2 aromatic carbocycles. The fraction of sp³-hybridized carbons (Fsp3) is 0.417. The number of carbonyl (C=O) groups is 2. The number of anilines is 1. The average molecular weight is 510 g/mol. The van der Waals surface area contributed by atoms with Crippen LogP contribution in [0.2, 0.25) is 5.02 Å². The molecule has 186 valence electrons. The predicted molar refractivity (Wildman–Crippen MR) is 135 cm³/mol. The van der Waals surface area contributed by atoms with Gasteiger partial charge in [0.15, 0.2) is 0 Å². The Morgan fingerprint density at radius 2 is 1.74 bits per heavy atom. The van der Waals surface area contributed by atoms with E-state index in [9.17, 15) is 18.0 Å². The van der Waals surface area contributed by atoms with Crippen LogP contribution in [-0.2, 0) is 26.2 Å². The molecule has 2 amide bonds. The Kier molecular flexibility index (Phi) is 8.96. The van der Waals surface area contributed by atoms with Crippen LogP contribution in [0.15, 0.2) is 48.5 Å². The molecule has 0 aliphatic heterocycles. The van der Waals surface area contributed by atoms with E-state index in [1.54, 1.807) is 49.4 Å². The van der Waals surface area contributed by atoms with Gasteiger partial charge < -0.3 is 15.0 Å². The summed E-state index contributed by atoms with van der Waals surface area (Å²) in [6.07, 6.45) is 1.03. The van der Waals surface area contributed by atoms with Crippen molar-refractivity contribution in [3.05, 3.63) is 59.1 Å². The molecule has 8 nitrogen and oxygen atoms in total. The molecule has 10 heteroatoms. The summed E-state index contributed by atoms with van der Waals surface area (Å²) in [7, 11) is -2.34. The number of carbonyl (C=O) groups excluding carboxylic acids is 2. The first kappa shape index (κ1) is 27.5. The molecule has 0 aliphatic rings. The molecule has 1 atom stereocenters. The molecule has 0 spiro atoms. The summed E-state index contributed by atoms with van der Waals surface area (Å²) < 4.78 is 31.4. The van der Waals surface area contributed by atoms with Crippen LogP contribution < -0.4 is 14.4 Å². The van der Waals surface area contributed by atoms with Crippen LogP contribution in [-0.4, -0.2) is 56.6 Å². The first-order valence-corrected chi connectivity index (χ1v) is 12.9. The predicted octanol–water partition coefficient (Wildman–Crippen LogP) is 3.45. The maximum atomic E-state index is 13.5. The van der Waals surface area contributed by atoms with Crippen LogP contribution in [0.4, 0.5) is 5.69 Å². The Morgan fingerprint density at radius 1 is 1.12 bits per heavy atom. The summed E-state index contributed by atoms with van der Waals surface area (Å²) in [5.74, 6) is -0.420. The normalized spacial score (nSPS) is 12.6. The number of sulfonamides is 1. The number of rotatable bonds is 9. The van der Waals surface area contributed by atoms with Crippen molar-refractivity contribution in [2.24, 2.45) is 0 Å². The molecule has 0 aromatic heterocycles. The van der Waals surface area contributed by atoms with E-state index in [4.69, 9.17) is 16.3 Å². The van der Waals surface area contributed by atoms with Crippen molar-refractivity contribution in [3.8, 4) is 5.75 Å². The van der Waals surface area contributed by atoms with E-state index >= 15 is 0 Å². The van der Waals surface area contributed by atoms with E-state index < -0.39 is 34.1 Å². The number of halogens is 1. The first-order chi connectivity index (χ1) is 15.7. The summed E-state index contributed by atoms with van der Waals surface area (Å²) in [5, 5.41) is 3.42. The fourth-order valence-corrected chi connectivity index (χ4v) is 4.19. The quantitative estimate of drug-likeness (QED) is 0.558. The summed E-state index contributed by atoms with van der Waals surface area (Å²) in [6.45, 7) is 6.77. The van der Waals surface area contributed by atoms with Gasteiger partial charge in [-0.3, -0.25) is 13.9 Å². The first-order valence-electron chi connectivity index (χ1n) is 10.7. The van der Waals surface area contributed by atoms with Crippen LogP contribution in [0.25, 0.3) is 0 Å². The minimum Gasteiger partial charge on any atom is -0.497 e.